The van der Waals surface area contributed by atoms with Gasteiger partial charge in [0.25, 0.3) is 0 Å². The molecule has 1 aliphatic heterocycles. The zero-order valence-corrected chi connectivity index (χ0v) is 11.8. The van der Waals surface area contributed by atoms with E-state index in [0.29, 0.717) is 11.6 Å². The van der Waals surface area contributed by atoms with Crippen LogP contribution in [-0.2, 0) is 0 Å². The topological polar surface area (TPSA) is 50.5 Å². The molecule has 2 atom stereocenters. The maximum atomic E-state index is 9.92. The fourth-order valence-electron chi connectivity index (χ4n) is 2.71. The van der Waals surface area contributed by atoms with Crippen molar-refractivity contribution in [1.29, 1.82) is 5.26 Å². The molecule has 0 aliphatic carbocycles. The summed E-state index contributed by atoms with van der Waals surface area (Å²) in [5, 5.41) is 19.0. The summed E-state index contributed by atoms with van der Waals surface area (Å²) in [4.78, 5) is 4.60. The Morgan fingerprint density at radius 3 is 2.74 bits per heavy atom. The molecule has 1 aliphatic rings. The van der Waals surface area contributed by atoms with Gasteiger partial charge in [-0.05, 0) is 33.0 Å². The molecule has 2 unspecified atom stereocenters. The molecule has 1 heterocycles. The van der Waals surface area contributed by atoms with Gasteiger partial charge in [0.1, 0.15) is 0 Å². The third kappa shape index (κ3) is 2.89. The molecule has 1 aromatic carbocycles. The number of nitrogens with zero attached hydrogens (tertiary/aromatic N) is 3. The number of benzene rings is 1. The smallest absolute Gasteiger partial charge is 0.0992 e. The Morgan fingerprint density at radius 2 is 2.16 bits per heavy atom. The lowest BCUT2D eigenvalue weighted by Crippen LogP contribution is -2.50. The van der Waals surface area contributed by atoms with Gasteiger partial charge in [-0.15, -0.1) is 0 Å². The van der Waals surface area contributed by atoms with Crippen molar-refractivity contribution in [1.82, 2.24) is 4.90 Å². The molecule has 1 saturated heterocycles. The minimum Gasteiger partial charge on any atom is -0.389 e. The van der Waals surface area contributed by atoms with Crippen molar-refractivity contribution >= 4 is 5.69 Å². The molecule has 0 amide bonds. The third-order valence-electron chi connectivity index (χ3n) is 3.75. The first-order valence-corrected chi connectivity index (χ1v) is 6.70. The minimum absolute atomic E-state index is 0.380. The summed E-state index contributed by atoms with van der Waals surface area (Å²) >= 11 is 0. The summed E-state index contributed by atoms with van der Waals surface area (Å²) in [5.41, 5.74) is 2.54. The fourth-order valence-corrected chi connectivity index (χ4v) is 2.71. The number of rotatable bonds is 2. The van der Waals surface area contributed by atoms with E-state index in [2.05, 4.69) is 29.8 Å². The van der Waals surface area contributed by atoms with E-state index in [-0.39, 0.29) is 0 Å². The lowest BCUT2D eigenvalue weighted by atomic mass is 10.0. The molecule has 0 aromatic heterocycles. The van der Waals surface area contributed by atoms with Crippen molar-refractivity contribution < 1.29 is 5.11 Å². The van der Waals surface area contributed by atoms with Crippen molar-refractivity contribution in [2.45, 2.75) is 26.0 Å². The number of piperazine rings is 1. The summed E-state index contributed by atoms with van der Waals surface area (Å²) < 4.78 is 0. The molecule has 0 spiro atoms. The Morgan fingerprint density at radius 1 is 1.42 bits per heavy atom. The van der Waals surface area contributed by atoms with Gasteiger partial charge in [0.15, 0.2) is 0 Å². The van der Waals surface area contributed by atoms with Gasteiger partial charge in [-0.25, -0.2) is 0 Å². The summed E-state index contributed by atoms with van der Waals surface area (Å²) in [6.07, 6.45) is -0.519. The van der Waals surface area contributed by atoms with Gasteiger partial charge in [-0.1, -0.05) is 6.07 Å². The molecule has 1 aromatic rings. The fraction of sp³-hybridized carbons (Fsp3) is 0.533. The van der Waals surface area contributed by atoms with Crippen LogP contribution in [0.25, 0.3) is 0 Å². The maximum absolute atomic E-state index is 9.92. The van der Waals surface area contributed by atoms with Crippen LogP contribution < -0.4 is 4.90 Å². The van der Waals surface area contributed by atoms with Crippen LogP contribution in [-0.4, -0.2) is 42.7 Å². The van der Waals surface area contributed by atoms with Crippen molar-refractivity contribution in [2.24, 2.45) is 0 Å². The number of aliphatic hydroxyl groups is 1. The molecule has 19 heavy (non-hydrogen) atoms. The van der Waals surface area contributed by atoms with Crippen molar-refractivity contribution in [3.05, 3.63) is 29.3 Å². The van der Waals surface area contributed by atoms with Gasteiger partial charge < -0.3 is 14.9 Å². The van der Waals surface area contributed by atoms with E-state index in [1.54, 1.807) is 13.0 Å². The highest BCUT2D eigenvalue weighted by Crippen LogP contribution is 2.30. The van der Waals surface area contributed by atoms with Crippen LogP contribution in [0.3, 0.4) is 0 Å². The predicted octanol–water partition coefficient (Wildman–Crippen LogP) is 1.75. The standard InChI is InChI=1S/C15H21N3O/c1-11-10-17(3)6-7-18(11)15-8-13(9-16)4-5-14(15)12(2)19/h4-5,8,11-12,19H,6-7,10H2,1-3H3. The maximum Gasteiger partial charge on any atom is 0.0992 e. The van der Waals surface area contributed by atoms with Crippen molar-refractivity contribution in [2.75, 3.05) is 31.6 Å². The van der Waals surface area contributed by atoms with Crippen molar-refractivity contribution in [3.63, 3.8) is 0 Å². The summed E-state index contributed by atoms with van der Waals surface area (Å²) in [5.74, 6) is 0. The first-order chi connectivity index (χ1) is 9.02. The highest BCUT2D eigenvalue weighted by atomic mass is 16.3. The van der Waals surface area contributed by atoms with E-state index < -0.39 is 6.10 Å². The van der Waals surface area contributed by atoms with Gasteiger partial charge in [0.2, 0.25) is 0 Å². The first-order valence-electron chi connectivity index (χ1n) is 6.70. The molecule has 1 N–H and O–H groups in total. The summed E-state index contributed by atoms with van der Waals surface area (Å²) in [6.45, 7) is 6.87. The molecule has 2 rings (SSSR count). The summed E-state index contributed by atoms with van der Waals surface area (Å²) in [6, 6.07) is 8.08. The van der Waals surface area contributed by atoms with Crippen LogP contribution in [0, 0.1) is 11.3 Å². The average molecular weight is 259 g/mol. The number of nitriles is 1. The number of likely N-dealkylation sites (N-methyl/N-ethyl adjacent to an activating group) is 1. The number of hydrogen-bond acceptors (Lipinski definition) is 4. The van der Waals surface area contributed by atoms with Crippen LogP contribution in [0.4, 0.5) is 5.69 Å². The molecule has 0 radical (unpaired) electrons. The Kier molecular flexibility index (Phi) is 4.08. The van der Waals surface area contributed by atoms with E-state index in [9.17, 15) is 5.11 Å². The van der Waals surface area contributed by atoms with Crippen LogP contribution in [0.2, 0.25) is 0 Å². The predicted molar refractivity (Wildman–Crippen MR) is 76.1 cm³/mol. The SMILES string of the molecule is CC(O)c1ccc(C#N)cc1N1CCN(C)CC1C. The van der Waals surface area contributed by atoms with E-state index in [0.717, 1.165) is 30.9 Å². The Balaban J connectivity index is 2.39. The van der Waals surface area contributed by atoms with E-state index in [1.165, 1.54) is 0 Å². The average Bonchev–Trinajstić information content (AvgIpc) is 2.38. The molecular weight excluding hydrogens is 238 g/mol. The normalized spacial score (nSPS) is 22.1. The second-order valence-corrected chi connectivity index (χ2v) is 5.37. The number of anilines is 1. The number of hydrogen-bond donors (Lipinski definition) is 1. The molecule has 1 fully saturated rings. The Hall–Kier alpha value is -1.57. The third-order valence-corrected chi connectivity index (χ3v) is 3.75. The summed E-state index contributed by atoms with van der Waals surface area (Å²) in [7, 11) is 2.12. The quantitative estimate of drug-likeness (QED) is 0.879. The second-order valence-electron chi connectivity index (χ2n) is 5.37. The minimum atomic E-state index is -0.519. The molecule has 0 saturated carbocycles. The van der Waals surface area contributed by atoms with Gasteiger partial charge in [0.05, 0.1) is 17.7 Å². The lowest BCUT2D eigenvalue weighted by Gasteiger charge is -2.41. The van der Waals surface area contributed by atoms with Gasteiger partial charge >= 0.3 is 0 Å². The second kappa shape index (κ2) is 5.60. The molecule has 4 heteroatoms. The van der Waals surface area contributed by atoms with E-state index >= 15 is 0 Å². The van der Waals surface area contributed by atoms with Crippen LogP contribution in [0.15, 0.2) is 18.2 Å². The highest BCUT2D eigenvalue weighted by molar-refractivity contribution is 5.59. The lowest BCUT2D eigenvalue weighted by molar-refractivity contribution is 0.198. The van der Waals surface area contributed by atoms with Crippen LogP contribution in [0.1, 0.15) is 31.1 Å². The Bertz CT molecular complexity index is 493. The van der Waals surface area contributed by atoms with Gasteiger partial charge in [-0.3, -0.25) is 0 Å². The first kappa shape index (κ1) is 13.9. The molecule has 4 nitrogen and oxygen atoms in total. The van der Waals surface area contributed by atoms with E-state index in [4.69, 9.17) is 5.26 Å². The monoisotopic (exact) mass is 259 g/mol. The zero-order chi connectivity index (χ0) is 14.0. The van der Waals surface area contributed by atoms with Gasteiger partial charge in [0, 0.05) is 36.9 Å². The Labute approximate surface area is 114 Å². The van der Waals surface area contributed by atoms with Gasteiger partial charge in [-0.2, -0.15) is 5.26 Å². The van der Waals surface area contributed by atoms with Crippen molar-refractivity contribution in [3.8, 4) is 6.07 Å². The molecule has 0 bridgehead atoms. The largest absolute Gasteiger partial charge is 0.389 e. The number of aliphatic hydroxyl groups excluding tert-OH is 1. The van der Waals surface area contributed by atoms with Crippen LogP contribution in [0.5, 0.6) is 0 Å². The highest BCUT2D eigenvalue weighted by Gasteiger charge is 2.24. The van der Waals surface area contributed by atoms with E-state index in [1.807, 2.05) is 12.1 Å². The molecule has 102 valence electrons. The zero-order valence-electron chi connectivity index (χ0n) is 11.8. The molecular formula is C15H21N3O. The van der Waals surface area contributed by atoms with Crippen LogP contribution >= 0.6 is 0 Å².